The highest BCUT2D eigenvalue weighted by atomic mass is 32.1. The molecule has 0 aliphatic heterocycles. The lowest BCUT2D eigenvalue weighted by Crippen LogP contribution is -2.23. The van der Waals surface area contributed by atoms with Crippen LogP contribution in [0.3, 0.4) is 0 Å². The van der Waals surface area contributed by atoms with Crippen LogP contribution in [0.2, 0.25) is 0 Å². The van der Waals surface area contributed by atoms with E-state index in [4.69, 9.17) is 5.73 Å². The number of hydrogen-bond donors (Lipinski definition) is 2. The summed E-state index contributed by atoms with van der Waals surface area (Å²) in [6.45, 7) is 0.802. The molecule has 84 valence electrons. The van der Waals surface area contributed by atoms with Gasteiger partial charge in [0.1, 0.15) is 15.7 Å². The summed E-state index contributed by atoms with van der Waals surface area (Å²) in [5.41, 5.74) is 5.84. The molecule has 0 aliphatic carbocycles. The average molecular weight is 254 g/mol. The molecule has 1 amide bonds. The number of nitrogens with one attached hydrogen (secondary N) is 1. The van der Waals surface area contributed by atoms with Crippen molar-refractivity contribution in [2.75, 3.05) is 0 Å². The topological polar surface area (TPSA) is 80.9 Å². The number of carbonyl (C=O) groups is 1. The van der Waals surface area contributed by atoms with Gasteiger partial charge in [-0.2, -0.15) is 0 Å². The van der Waals surface area contributed by atoms with Crippen molar-refractivity contribution in [3.8, 4) is 0 Å². The van der Waals surface area contributed by atoms with Gasteiger partial charge >= 0.3 is 0 Å². The molecule has 3 N–H and O–H groups in total. The summed E-state index contributed by atoms with van der Waals surface area (Å²) in [6.07, 6.45) is 1.71. The standard InChI is InChI=1S/C9H10N4OS2/c10-3-7-13-6(5-16-7)9(14)12-4-8-11-1-2-15-8/h1-2,5H,3-4,10H2,(H,12,14). The van der Waals surface area contributed by atoms with E-state index in [1.807, 2.05) is 5.38 Å². The zero-order chi connectivity index (χ0) is 11.4. The molecule has 0 radical (unpaired) electrons. The van der Waals surface area contributed by atoms with Gasteiger partial charge < -0.3 is 11.1 Å². The Labute approximate surface area is 100 Å². The summed E-state index contributed by atoms with van der Waals surface area (Å²) in [7, 11) is 0. The molecule has 0 atom stereocenters. The normalized spacial score (nSPS) is 10.3. The molecule has 7 heteroatoms. The minimum atomic E-state index is -0.189. The van der Waals surface area contributed by atoms with Gasteiger partial charge in [-0.1, -0.05) is 0 Å². The molecule has 0 aromatic carbocycles. The molecule has 0 unspecified atom stereocenters. The van der Waals surface area contributed by atoms with Crippen LogP contribution in [-0.2, 0) is 13.1 Å². The van der Waals surface area contributed by atoms with E-state index in [2.05, 4.69) is 15.3 Å². The van der Waals surface area contributed by atoms with Crippen LogP contribution < -0.4 is 11.1 Å². The Kier molecular flexibility index (Phi) is 3.60. The highest BCUT2D eigenvalue weighted by Gasteiger charge is 2.09. The van der Waals surface area contributed by atoms with E-state index < -0.39 is 0 Å². The Hall–Kier alpha value is -1.31. The molecular weight excluding hydrogens is 244 g/mol. The van der Waals surface area contributed by atoms with Crippen molar-refractivity contribution >= 4 is 28.6 Å². The van der Waals surface area contributed by atoms with Gasteiger partial charge in [-0.05, 0) is 0 Å². The fourth-order valence-electron chi connectivity index (χ4n) is 1.10. The van der Waals surface area contributed by atoms with Crippen LogP contribution in [0.15, 0.2) is 17.0 Å². The fraction of sp³-hybridized carbons (Fsp3) is 0.222. The van der Waals surface area contributed by atoms with Crippen molar-refractivity contribution in [3.05, 3.63) is 32.7 Å². The predicted octanol–water partition coefficient (Wildman–Crippen LogP) is 0.988. The minimum Gasteiger partial charge on any atom is -0.344 e. The molecule has 0 aliphatic rings. The van der Waals surface area contributed by atoms with Crippen LogP contribution in [0, 0.1) is 0 Å². The molecule has 0 saturated heterocycles. The molecule has 5 nitrogen and oxygen atoms in total. The third-order valence-electron chi connectivity index (χ3n) is 1.84. The number of carbonyl (C=O) groups excluding carboxylic acids is 1. The van der Waals surface area contributed by atoms with E-state index in [9.17, 15) is 4.79 Å². The quantitative estimate of drug-likeness (QED) is 0.852. The third kappa shape index (κ3) is 2.63. The lowest BCUT2D eigenvalue weighted by molar-refractivity contribution is 0.0946. The summed E-state index contributed by atoms with van der Waals surface area (Å²) >= 11 is 2.90. The number of aromatic nitrogens is 2. The van der Waals surface area contributed by atoms with Crippen molar-refractivity contribution in [1.29, 1.82) is 0 Å². The van der Waals surface area contributed by atoms with Crippen LogP contribution in [0.25, 0.3) is 0 Å². The average Bonchev–Trinajstić information content (AvgIpc) is 2.96. The molecular formula is C9H10N4OS2. The van der Waals surface area contributed by atoms with Gasteiger partial charge in [0.05, 0.1) is 6.54 Å². The Morgan fingerprint density at radius 3 is 2.94 bits per heavy atom. The molecule has 0 fully saturated rings. The van der Waals surface area contributed by atoms with Crippen molar-refractivity contribution in [1.82, 2.24) is 15.3 Å². The van der Waals surface area contributed by atoms with E-state index in [0.29, 0.717) is 18.8 Å². The van der Waals surface area contributed by atoms with Gasteiger partial charge in [-0.15, -0.1) is 22.7 Å². The zero-order valence-electron chi connectivity index (χ0n) is 8.34. The fourth-order valence-corrected chi connectivity index (χ4v) is 2.31. The van der Waals surface area contributed by atoms with Crippen molar-refractivity contribution in [3.63, 3.8) is 0 Å². The lowest BCUT2D eigenvalue weighted by atomic mass is 10.4. The maximum atomic E-state index is 11.6. The third-order valence-corrected chi connectivity index (χ3v) is 3.49. The minimum absolute atomic E-state index is 0.189. The van der Waals surface area contributed by atoms with Gasteiger partial charge in [0.2, 0.25) is 0 Å². The molecule has 2 aromatic rings. The van der Waals surface area contributed by atoms with Crippen LogP contribution in [0.1, 0.15) is 20.5 Å². The second-order valence-electron chi connectivity index (χ2n) is 2.94. The maximum Gasteiger partial charge on any atom is 0.271 e. The number of nitrogens with zero attached hydrogens (tertiary/aromatic N) is 2. The second kappa shape index (κ2) is 5.15. The first-order valence-electron chi connectivity index (χ1n) is 4.60. The van der Waals surface area contributed by atoms with Gasteiger partial charge in [0, 0.05) is 23.5 Å². The van der Waals surface area contributed by atoms with Crippen LogP contribution in [-0.4, -0.2) is 15.9 Å². The number of thiazole rings is 2. The summed E-state index contributed by atoms with van der Waals surface area (Å²) in [6, 6.07) is 0. The van der Waals surface area contributed by atoms with E-state index in [1.165, 1.54) is 22.7 Å². The first kappa shape index (κ1) is 11.2. The van der Waals surface area contributed by atoms with E-state index in [1.54, 1.807) is 11.6 Å². The van der Waals surface area contributed by atoms with Crippen molar-refractivity contribution in [2.24, 2.45) is 5.73 Å². The first-order valence-corrected chi connectivity index (χ1v) is 6.36. The number of rotatable bonds is 4. The summed E-state index contributed by atoms with van der Waals surface area (Å²) in [5.74, 6) is -0.189. The first-order chi connectivity index (χ1) is 7.79. The summed E-state index contributed by atoms with van der Waals surface area (Å²) in [4.78, 5) is 19.8. The lowest BCUT2D eigenvalue weighted by Gasteiger charge is -1.99. The highest BCUT2D eigenvalue weighted by molar-refractivity contribution is 7.10. The van der Waals surface area contributed by atoms with Crippen molar-refractivity contribution < 1.29 is 4.79 Å². The molecule has 0 spiro atoms. The van der Waals surface area contributed by atoms with E-state index >= 15 is 0 Å². The molecule has 2 aromatic heterocycles. The Morgan fingerprint density at radius 1 is 1.44 bits per heavy atom. The van der Waals surface area contributed by atoms with Gasteiger partial charge in [0.25, 0.3) is 5.91 Å². The van der Waals surface area contributed by atoms with Crippen LogP contribution >= 0.6 is 22.7 Å². The Bertz CT molecular complexity index is 466. The smallest absolute Gasteiger partial charge is 0.271 e. The Morgan fingerprint density at radius 2 is 2.31 bits per heavy atom. The van der Waals surface area contributed by atoms with E-state index in [0.717, 1.165) is 10.0 Å². The monoisotopic (exact) mass is 254 g/mol. The molecule has 0 saturated carbocycles. The number of nitrogens with two attached hydrogens (primary N) is 1. The number of amides is 1. The molecule has 2 rings (SSSR count). The maximum absolute atomic E-state index is 11.6. The molecule has 2 heterocycles. The SMILES string of the molecule is NCc1nc(C(=O)NCc2nccs2)cs1. The highest BCUT2D eigenvalue weighted by Crippen LogP contribution is 2.09. The molecule has 16 heavy (non-hydrogen) atoms. The van der Waals surface area contributed by atoms with Gasteiger partial charge in [0.15, 0.2) is 0 Å². The Balaban J connectivity index is 1.93. The largest absolute Gasteiger partial charge is 0.344 e. The number of hydrogen-bond acceptors (Lipinski definition) is 6. The molecule has 0 bridgehead atoms. The summed E-state index contributed by atoms with van der Waals surface area (Å²) in [5, 5.41) is 7.97. The summed E-state index contributed by atoms with van der Waals surface area (Å²) < 4.78 is 0. The zero-order valence-corrected chi connectivity index (χ0v) is 9.98. The van der Waals surface area contributed by atoms with Crippen LogP contribution in [0.4, 0.5) is 0 Å². The van der Waals surface area contributed by atoms with Crippen molar-refractivity contribution in [2.45, 2.75) is 13.1 Å². The van der Waals surface area contributed by atoms with Gasteiger partial charge in [-0.25, -0.2) is 9.97 Å². The predicted molar refractivity (Wildman–Crippen MR) is 63.3 cm³/mol. The second-order valence-corrected chi connectivity index (χ2v) is 4.86. The van der Waals surface area contributed by atoms with Crippen LogP contribution in [0.5, 0.6) is 0 Å². The van der Waals surface area contributed by atoms with Gasteiger partial charge in [-0.3, -0.25) is 4.79 Å². The van der Waals surface area contributed by atoms with E-state index in [-0.39, 0.29) is 5.91 Å².